The smallest absolute Gasteiger partial charge is 0.124 e. The van der Waals surface area contributed by atoms with Gasteiger partial charge in [-0.25, -0.2) is 4.39 Å². The Morgan fingerprint density at radius 1 is 1.89 bits per heavy atom. The van der Waals surface area contributed by atoms with E-state index in [2.05, 4.69) is 10.2 Å². The summed E-state index contributed by atoms with van der Waals surface area (Å²) in [6, 6.07) is 1.53. The number of hydrogen-bond acceptors (Lipinski definition) is 2. The Morgan fingerprint density at radius 3 is 3.11 bits per heavy atom. The molecule has 0 saturated carbocycles. The number of aromatic amines is 1. The molecule has 0 spiro atoms. The number of nitrogens with zero attached hydrogens (tertiary/aromatic N) is 1. The van der Waals surface area contributed by atoms with Crippen LogP contribution in [0.1, 0.15) is 11.8 Å². The summed E-state index contributed by atoms with van der Waals surface area (Å²) in [7, 11) is 0. The molecule has 4 heteroatoms. The zero-order valence-electron chi connectivity index (χ0n) is 4.71. The fourth-order valence-corrected chi connectivity index (χ4v) is 0.535. The van der Waals surface area contributed by atoms with Gasteiger partial charge >= 0.3 is 0 Å². The van der Waals surface area contributed by atoms with Gasteiger partial charge < -0.3 is 5.11 Å². The van der Waals surface area contributed by atoms with E-state index in [1.807, 2.05) is 0 Å². The van der Waals surface area contributed by atoms with Gasteiger partial charge in [-0.2, -0.15) is 5.10 Å². The molecule has 0 aliphatic carbocycles. The number of aliphatic hydroxyl groups excluding tert-OH is 1. The van der Waals surface area contributed by atoms with Crippen molar-refractivity contribution in [2.45, 2.75) is 6.10 Å². The number of aliphatic hydroxyl groups is 1. The molecule has 3 nitrogen and oxygen atoms in total. The normalized spacial score (nSPS) is 13.6. The molecule has 1 heterocycles. The Balaban J connectivity index is 2.65. The van der Waals surface area contributed by atoms with E-state index in [1.54, 1.807) is 0 Å². The third-order valence-corrected chi connectivity index (χ3v) is 1.03. The van der Waals surface area contributed by atoms with Gasteiger partial charge in [0.15, 0.2) is 0 Å². The van der Waals surface area contributed by atoms with Crippen molar-refractivity contribution in [3.05, 3.63) is 18.0 Å². The third-order valence-electron chi connectivity index (χ3n) is 1.03. The lowest BCUT2D eigenvalue weighted by atomic mass is 10.3. The minimum atomic E-state index is -1.05. The second-order valence-electron chi connectivity index (χ2n) is 1.68. The highest BCUT2D eigenvalue weighted by Crippen LogP contribution is 2.07. The summed E-state index contributed by atoms with van der Waals surface area (Å²) in [5.74, 6) is 0. The number of alkyl halides is 1. The summed E-state index contributed by atoms with van der Waals surface area (Å²) in [4.78, 5) is 0. The summed E-state index contributed by atoms with van der Waals surface area (Å²) < 4.78 is 11.7. The highest BCUT2D eigenvalue weighted by molar-refractivity contribution is 5.00. The predicted octanol–water partition coefficient (Wildman–Crippen LogP) is 0.413. The zero-order chi connectivity index (χ0) is 6.69. The average Bonchev–Trinajstić information content (AvgIpc) is 2.37. The van der Waals surface area contributed by atoms with Crippen LogP contribution < -0.4 is 0 Å². The first-order chi connectivity index (χ1) is 4.34. The minimum Gasteiger partial charge on any atom is -0.384 e. The maximum absolute atomic E-state index is 11.7. The SMILES string of the molecule is OC(CF)c1ccn[nH]1. The maximum Gasteiger partial charge on any atom is 0.124 e. The Bertz CT molecular complexity index is 163. The van der Waals surface area contributed by atoms with Crippen molar-refractivity contribution in [1.29, 1.82) is 0 Å². The molecule has 1 unspecified atom stereocenters. The topological polar surface area (TPSA) is 48.9 Å². The summed E-state index contributed by atoms with van der Waals surface area (Å²) >= 11 is 0. The van der Waals surface area contributed by atoms with Crippen LogP contribution in [-0.2, 0) is 0 Å². The molecule has 0 amide bonds. The number of aromatic nitrogens is 2. The molecule has 0 aromatic carbocycles. The van der Waals surface area contributed by atoms with Gasteiger partial charge in [0.25, 0.3) is 0 Å². The van der Waals surface area contributed by atoms with E-state index in [0.29, 0.717) is 5.69 Å². The monoisotopic (exact) mass is 130 g/mol. The summed E-state index contributed by atoms with van der Waals surface area (Å²) in [6.45, 7) is -0.776. The fraction of sp³-hybridized carbons (Fsp3) is 0.400. The van der Waals surface area contributed by atoms with Crippen molar-refractivity contribution >= 4 is 0 Å². The van der Waals surface area contributed by atoms with Gasteiger partial charge in [0, 0.05) is 6.20 Å². The standard InChI is InChI=1S/C5H7FN2O/c6-3-5(9)4-1-2-7-8-4/h1-2,5,9H,3H2,(H,7,8). The summed E-state index contributed by atoms with van der Waals surface area (Å²) in [6.07, 6.45) is 0.418. The Labute approximate surface area is 51.5 Å². The minimum absolute atomic E-state index is 0.414. The van der Waals surface area contributed by atoms with Crippen molar-refractivity contribution in [2.75, 3.05) is 6.67 Å². The van der Waals surface area contributed by atoms with Crippen LogP contribution in [0.2, 0.25) is 0 Å². The van der Waals surface area contributed by atoms with Crippen LogP contribution in [0, 0.1) is 0 Å². The molecule has 9 heavy (non-hydrogen) atoms. The predicted molar refractivity (Wildman–Crippen MR) is 29.5 cm³/mol. The van der Waals surface area contributed by atoms with Gasteiger partial charge in [0.1, 0.15) is 12.8 Å². The first kappa shape index (κ1) is 6.22. The molecule has 1 atom stereocenters. The number of hydrogen-bond donors (Lipinski definition) is 2. The van der Waals surface area contributed by atoms with Gasteiger partial charge in [0.2, 0.25) is 0 Å². The zero-order valence-corrected chi connectivity index (χ0v) is 4.71. The van der Waals surface area contributed by atoms with Gasteiger partial charge in [-0.1, -0.05) is 0 Å². The van der Waals surface area contributed by atoms with E-state index in [1.165, 1.54) is 12.3 Å². The largest absolute Gasteiger partial charge is 0.384 e. The first-order valence-electron chi connectivity index (χ1n) is 2.58. The molecule has 0 fully saturated rings. The van der Waals surface area contributed by atoms with E-state index in [0.717, 1.165) is 0 Å². The van der Waals surface area contributed by atoms with Crippen LogP contribution in [0.5, 0.6) is 0 Å². The second-order valence-corrected chi connectivity index (χ2v) is 1.68. The molecular weight excluding hydrogens is 123 g/mol. The van der Waals surface area contributed by atoms with Gasteiger partial charge in [-0.15, -0.1) is 0 Å². The number of nitrogens with one attached hydrogen (secondary N) is 1. The van der Waals surface area contributed by atoms with E-state index >= 15 is 0 Å². The average molecular weight is 130 g/mol. The molecule has 0 aliphatic rings. The van der Waals surface area contributed by atoms with Gasteiger partial charge in [-0.3, -0.25) is 5.10 Å². The first-order valence-corrected chi connectivity index (χ1v) is 2.58. The lowest BCUT2D eigenvalue weighted by molar-refractivity contribution is 0.137. The maximum atomic E-state index is 11.7. The van der Waals surface area contributed by atoms with Crippen LogP contribution in [0.4, 0.5) is 4.39 Å². The van der Waals surface area contributed by atoms with Crippen LogP contribution in [-0.4, -0.2) is 22.0 Å². The molecule has 0 saturated heterocycles. The molecule has 1 aromatic rings. The van der Waals surface area contributed by atoms with E-state index in [9.17, 15) is 4.39 Å². The number of H-pyrrole nitrogens is 1. The molecule has 0 aliphatic heterocycles. The van der Waals surface area contributed by atoms with Crippen molar-refractivity contribution in [3.63, 3.8) is 0 Å². The molecule has 1 rings (SSSR count). The Morgan fingerprint density at radius 2 is 2.67 bits per heavy atom. The van der Waals surface area contributed by atoms with E-state index in [4.69, 9.17) is 5.11 Å². The van der Waals surface area contributed by atoms with Crippen molar-refractivity contribution in [1.82, 2.24) is 10.2 Å². The third kappa shape index (κ3) is 1.26. The van der Waals surface area contributed by atoms with Gasteiger partial charge in [-0.05, 0) is 6.07 Å². The van der Waals surface area contributed by atoms with Crippen molar-refractivity contribution in [2.24, 2.45) is 0 Å². The molecule has 0 bridgehead atoms. The lowest BCUT2D eigenvalue weighted by Gasteiger charge is -1.98. The van der Waals surface area contributed by atoms with Crippen LogP contribution in [0.15, 0.2) is 12.3 Å². The van der Waals surface area contributed by atoms with Gasteiger partial charge in [0.05, 0.1) is 5.69 Å². The Hall–Kier alpha value is -0.900. The number of rotatable bonds is 2. The number of halogens is 1. The van der Waals surface area contributed by atoms with Crippen LogP contribution >= 0.6 is 0 Å². The van der Waals surface area contributed by atoms with E-state index < -0.39 is 12.8 Å². The van der Waals surface area contributed by atoms with E-state index in [-0.39, 0.29) is 0 Å². The molecule has 50 valence electrons. The molecule has 2 N–H and O–H groups in total. The molecular formula is C5H7FN2O. The molecule has 1 aromatic heterocycles. The lowest BCUT2D eigenvalue weighted by Crippen LogP contribution is -1.98. The summed E-state index contributed by atoms with van der Waals surface area (Å²) in [5, 5.41) is 14.8. The van der Waals surface area contributed by atoms with Crippen LogP contribution in [0.25, 0.3) is 0 Å². The summed E-state index contributed by atoms with van der Waals surface area (Å²) in [5.41, 5.74) is 0.414. The van der Waals surface area contributed by atoms with Crippen LogP contribution in [0.3, 0.4) is 0 Å². The fourth-order valence-electron chi connectivity index (χ4n) is 0.535. The van der Waals surface area contributed by atoms with Crippen molar-refractivity contribution in [3.8, 4) is 0 Å². The highest BCUT2D eigenvalue weighted by Gasteiger charge is 2.05. The second kappa shape index (κ2) is 2.59. The molecule has 0 radical (unpaired) electrons. The quantitative estimate of drug-likeness (QED) is 0.609. The van der Waals surface area contributed by atoms with Crippen molar-refractivity contribution < 1.29 is 9.50 Å². The highest BCUT2D eigenvalue weighted by atomic mass is 19.1. The Kier molecular flexibility index (Phi) is 1.79.